The zero-order chi connectivity index (χ0) is 17.8. The molecule has 1 amide bonds. The van der Waals surface area contributed by atoms with E-state index in [1.54, 1.807) is 0 Å². The molecule has 1 unspecified atom stereocenters. The first-order valence-electron chi connectivity index (χ1n) is 8.09. The molecule has 1 aromatic carbocycles. The van der Waals surface area contributed by atoms with E-state index < -0.39 is 5.82 Å². The van der Waals surface area contributed by atoms with Gasteiger partial charge in [-0.3, -0.25) is 4.79 Å². The van der Waals surface area contributed by atoms with E-state index in [2.05, 4.69) is 28.6 Å². The van der Waals surface area contributed by atoms with Crippen molar-refractivity contribution in [3.05, 3.63) is 46.8 Å². The van der Waals surface area contributed by atoms with Crippen LogP contribution in [0, 0.1) is 5.82 Å². The van der Waals surface area contributed by atoms with E-state index in [1.807, 2.05) is 0 Å². The number of benzene rings is 1. The molecule has 0 radical (unpaired) electrons. The smallest absolute Gasteiger partial charge is 0.227 e. The minimum absolute atomic E-state index is 0.157. The molecule has 1 atom stereocenters. The largest absolute Gasteiger partial charge is 0.339 e. The molecule has 1 aliphatic heterocycles. The second-order valence-corrected chi connectivity index (χ2v) is 6.48. The number of amides is 1. The van der Waals surface area contributed by atoms with Gasteiger partial charge in [-0.2, -0.15) is 4.98 Å². The fourth-order valence-corrected chi connectivity index (χ4v) is 2.78. The number of carbonyl (C=O) groups is 1. The van der Waals surface area contributed by atoms with Crippen LogP contribution < -0.4 is 10.2 Å². The van der Waals surface area contributed by atoms with Gasteiger partial charge in [0, 0.05) is 24.8 Å². The molecule has 0 saturated heterocycles. The van der Waals surface area contributed by atoms with Gasteiger partial charge in [-0.05, 0) is 24.3 Å². The standard InChI is InChI=1S/C17H18ClFN4O2/c1-23-8-6-11(7-9-23)17-21-16(25-22-17)5-4-15(24)20-14-3-2-12(19)10-13(14)18/h2-3,6,10H,4-5,7-9H2,1H3,(H,20,24)/p+1. The van der Waals surface area contributed by atoms with Crippen molar-refractivity contribution in [2.24, 2.45) is 0 Å². The molecule has 8 heteroatoms. The number of rotatable bonds is 5. The summed E-state index contributed by atoms with van der Waals surface area (Å²) in [5.74, 6) is 0.313. The Kier molecular flexibility index (Phi) is 5.45. The van der Waals surface area contributed by atoms with Crippen molar-refractivity contribution in [2.75, 3.05) is 25.5 Å². The first kappa shape index (κ1) is 17.6. The lowest BCUT2D eigenvalue weighted by atomic mass is 10.1. The Balaban J connectivity index is 1.54. The SMILES string of the molecule is C[NH+]1CC=C(c2noc(CCC(=O)Nc3ccc(F)cc3Cl)n2)CC1. The molecule has 0 bridgehead atoms. The zero-order valence-electron chi connectivity index (χ0n) is 13.8. The number of nitrogens with zero attached hydrogens (tertiary/aromatic N) is 2. The van der Waals surface area contributed by atoms with Crippen LogP contribution in [-0.4, -0.2) is 36.2 Å². The van der Waals surface area contributed by atoms with Crippen LogP contribution >= 0.6 is 11.6 Å². The molecule has 2 aromatic rings. The van der Waals surface area contributed by atoms with Crippen LogP contribution in [0.15, 0.2) is 28.8 Å². The molecule has 0 spiro atoms. The Morgan fingerprint density at radius 1 is 1.48 bits per heavy atom. The summed E-state index contributed by atoms with van der Waals surface area (Å²) in [4.78, 5) is 17.8. The maximum atomic E-state index is 13.0. The molecule has 132 valence electrons. The van der Waals surface area contributed by atoms with Crippen molar-refractivity contribution in [1.29, 1.82) is 0 Å². The lowest BCUT2D eigenvalue weighted by Gasteiger charge is -2.17. The number of hydrogen-bond donors (Lipinski definition) is 2. The predicted molar refractivity (Wildman–Crippen MR) is 91.9 cm³/mol. The third-order valence-electron chi connectivity index (χ3n) is 4.04. The highest BCUT2D eigenvalue weighted by molar-refractivity contribution is 6.33. The van der Waals surface area contributed by atoms with Gasteiger partial charge in [0.05, 0.1) is 30.8 Å². The molecule has 2 N–H and O–H groups in total. The van der Waals surface area contributed by atoms with Gasteiger partial charge < -0.3 is 14.7 Å². The van der Waals surface area contributed by atoms with Gasteiger partial charge in [0.15, 0.2) is 5.82 Å². The van der Waals surface area contributed by atoms with Crippen LogP contribution in [0.3, 0.4) is 0 Å². The predicted octanol–water partition coefficient (Wildman–Crippen LogP) is 1.74. The number of quaternary nitrogens is 1. The van der Waals surface area contributed by atoms with Crippen LogP contribution in [0.4, 0.5) is 10.1 Å². The summed E-state index contributed by atoms with van der Waals surface area (Å²) < 4.78 is 18.2. The molecule has 0 aliphatic carbocycles. The van der Waals surface area contributed by atoms with Crippen LogP contribution in [0.5, 0.6) is 0 Å². The summed E-state index contributed by atoms with van der Waals surface area (Å²) in [6.07, 6.45) is 3.53. The van der Waals surface area contributed by atoms with Crippen molar-refractivity contribution in [2.45, 2.75) is 19.3 Å². The Bertz CT molecular complexity index is 806. The second kappa shape index (κ2) is 7.76. The van der Waals surface area contributed by atoms with E-state index in [-0.39, 0.29) is 17.4 Å². The molecule has 25 heavy (non-hydrogen) atoms. The van der Waals surface area contributed by atoms with E-state index in [4.69, 9.17) is 16.1 Å². The average molecular weight is 366 g/mol. The minimum Gasteiger partial charge on any atom is -0.339 e. The third-order valence-corrected chi connectivity index (χ3v) is 4.36. The number of likely N-dealkylation sites (N-methyl/N-ethyl adjacent to an activating group) is 1. The highest BCUT2D eigenvalue weighted by atomic mass is 35.5. The van der Waals surface area contributed by atoms with Gasteiger partial charge in [0.25, 0.3) is 0 Å². The Labute approximate surface area is 149 Å². The molecule has 0 saturated carbocycles. The van der Waals surface area contributed by atoms with Crippen molar-refractivity contribution in [1.82, 2.24) is 10.1 Å². The number of aromatic nitrogens is 2. The highest BCUT2D eigenvalue weighted by Gasteiger charge is 2.17. The fraction of sp³-hybridized carbons (Fsp3) is 0.353. The monoisotopic (exact) mass is 365 g/mol. The normalized spacial score (nSPS) is 17.2. The van der Waals surface area contributed by atoms with Crippen molar-refractivity contribution in [3.63, 3.8) is 0 Å². The third kappa shape index (κ3) is 4.64. The molecule has 1 aliphatic rings. The molecular weight excluding hydrogens is 347 g/mol. The summed E-state index contributed by atoms with van der Waals surface area (Å²) in [5, 5.41) is 6.79. The van der Waals surface area contributed by atoms with Crippen molar-refractivity contribution in [3.8, 4) is 0 Å². The van der Waals surface area contributed by atoms with Crippen LogP contribution in [0.1, 0.15) is 24.6 Å². The van der Waals surface area contributed by atoms with Gasteiger partial charge in [0.1, 0.15) is 5.82 Å². The van der Waals surface area contributed by atoms with Crippen LogP contribution in [0.2, 0.25) is 5.02 Å². The van der Waals surface area contributed by atoms with Gasteiger partial charge in [-0.1, -0.05) is 16.8 Å². The number of hydrogen-bond acceptors (Lipinski definition) is 4. The summed E-state index contributed by atoms with van der Waals surface area (Å²) in [6, 6.07) is 3.82. The second-order valence-electron chi connectivity index (χ2n) is 6.07. The van der Waals surface area contributed by atoms with Gasteiger partial charge in [-0.15, -0.1) is 0 Å². The molecule has 6 nitrogen and oxygen atoms in total. The van der Waals surface area contributed by atoms with Gasteiger partial charge in [-0.25, -0.2) is 4.39 Å². The zero-order valence-corrected chi connectivity index (χ0v) is 14.6. The first-order chi connectivity index (χ1) is 12.0. The minimum atomic E-state index is -0.453. The maximum absolute atomic E-state index is 13.0. The number of halogens is 2. The van der Waals surface area contributed by atoms with E-state index in [9.17, 15) is 9.18 Å². The van der Waals surface area contributed by atoms with Crippen molar-refractivity contribution >= 4 is 28.8 Å². The lowest BCUT2D eigenvalue weighted by molar-refractivity contribution is -0.874. The van der Waals surface area contributed by atoms with E-state index in [0.29, 0.717) is 23.8 Å². The van der Waals surface area contributed by atoms with E-state index in [0.717, 1.165) is 31.1 Å². The van der Waals surface area contributed by atoms with E-state index in [1.165, 1.54) is 17.0 Å². The number of carbonyl (C=O) groups excluding carboxylic acids is 1. The number of nitrogens with one attached hydrogen (secondary N) is 2. The fourth-order valence-electron chi connectivity index (χ4n) is 2.56. The number of aryl methyl sites for hydroxylation is 1. The van der Waals surface area contributed by atoms with Crippen molar-refractivity contribution < 1.29 is 18.6 Å². The quantitative estimate of drug-likeness (QED) is 0.846. The van der Waals surface area contributed by atoms with Gasteiger partial charge >= 0.3 is 0 Å². The molecule has 3 rings (SSSR count). The Morgan fingerprint density at radius 2 is 2.32 bits per heavy atom. The van der Waals surface area contributed by atoms with E-state index >= 15 is 0 Å². The highest BCUT2D eigenvalue weighted by Crippen LogP contribution is 2.22. The van der Waals surface area contributed by atoms with Crippen LogP contribution in [-0.2, 0) is 11.2 Å². The molecule has 1 aromatic heterocycles. The lowest BCUT2D eigenvalue weighted by Crippen LogP contribution is -3.09. The first-order valence-corrected chi connectivity index (χ1v) is 8.47. The Hall–Kier alpha value is -2.25. The summed E-state index contributed by atoms with van der Waals surface area (Å²) in [5.41, 5.74) is 1.46. The number of anilines is 1. The summed E-state index contributed by atoms with van der Waals surface area (Å²) in [6.45, 7) is 1.98. The summed E-state index contributed by atoms with van der Waals surface area (Å²) >= 11 is 5.89. The molecule has 0 fully saturated rings. The molecule has 2 heterocycles. The summed E-state index contributed by atoms with van der Waals surface area (Å²) in [7, 11) is 2.14. The Morgan fingerprint density at radius 3 is 3.04 bits per heavy atom. The van der Waals surface area contributed by atoms with Gasteiger partial charge in [0.2, 0.25) is 11.8 Å². The van der Waals surface area contributed by atoms with Crippen LogP contribution in [0.25, 0.3) is 5.57 Å². The molecular formula is C17H19ClFN4O2+. The average Bonchev–Trinajstić information content (AvgIpc) is 3.05. The topological polar surface area (TPSA) is 72.5 Å². The maximum Gasteiger partial charge on any atom is 0.227 e.